The Labute approximate surface area is 190 Å². The number of hydrogen-bond acceptors (Lipinski definition) is 5. The third-order valence-electron chi connectivity index (χ3n) is 5.94. The van der Waals surface area contributed by atoms with Crippen molar-refractivity contribution in [2.45, 2.75) is 25.6 Å². The largest absolute Gasteiger partial charge is 0.497 e. The molecular weight excluding hydrogens is 435 g/mol. The van der Waals surface area contributed by atoms with Crippen molar-refractivity contribution >= 4 is 5.91 Å². The van der Waals surface area contributed by atoms with Gasteiger partial charge in [0.2, 0.25) is 0 Å². The lowest BCUT2D eigenvalue weighted by Crippen LogP contribution is -2.45. The van der Waals surface area contributed by atoms with Crippen molar-refractivity contribution in [2.75, 3.05) is 33.9 Å². The summed E-state index contributed by atoms with van der Waals surface area (Å²) >= 11 is 0. The van der Waals surface area contributed by atoms with Crippen LogP contribution in [-0.4, -0.2) is 44.7 Å². The molecule has 1 N–H and O–H groups in total. The average molecular weight is 461 g/mol. The standard InChI is InChI=1S/C24H26F3N3O3/c1-32-20-11-18(12-21(13-20)33-2)22(31)29-16-23(15-28)7-9-30(10-8-23)14-17-3-5-19(6-4-17)24(25,26)27/h3-6,11-13H,7-10,14,16H2,1-2H3,(H,29,31). The van der Waals surface area contributed by atoms with E-state index < -0.39 is 17.2 Å². The second-order valence-corrected chi connectivity index (χ2v) is 8.15. The monoisotopic (exact) mass is 461 g/mol. The lowest BCUT2D eigenvalue weighted by atomic mass is 9.79. The highest BCUT2D eigenvalue weighted by Crippen LogP contribution is 2.32. The van der Waals surface area contributed by atoms with Crippen LogP contribution < -0.4 is 14.8 Å². The van der Waals surface area contributed by atoms with Gasteiger partial charge in [-0.2, -0.15) is 18.4 Å². The summed E-state index contributed by atoms with van der Waals surface area (Å²) in [6.45, 7) is 1.93. The number of rotatable bonds is 7. The number of piperidine rings is 1. The molecule has 0 aromatic heterocycles. The van der Waals surface area contributed by atoms with Crippen LogP contribution in [0.3, 0.4) is 0 Å². The number of nitriles is 1. The zero-order valence-electron chi connectivity index (χ0n) is 18.5. The summed E-state index contributed by atoms with van der Waals surface area (Å²) in [5.74, 6) is 0.658. The number of ether oxygens (including phenoxy) is 2. The van der Waals surface area contributed by atoms with Crippen LogP contribution >= 0.6 is 0 Å². The first-order chi connectivity index (χ1) is 15.7. The maximum atomic E-state index is 12.7. The van der Waals surface area contributed by atoms with Crippen LogP contribution in [0.2, 0.25) is 0 Å². The highest BCUT2D eigenvalue weighted by molar-refractivity contribution is 5.95. The fourth-order valence-electron chi connectivity index (χ4n) is 3.81. The number of benzene rings is 2. The SMILES string of the molecule is COc1cc(OC)cc(C(=O)NCC2(C#N)CCN(Cc3ccc(C(F)(F)F)cc3)CC2)c1. The van der Waals surface area contributed by atoms with E-state index in [1.807, 2.05) is 0 Å². The van der Waals surface area contributed by atoms with Gasteiger partial charge in [-0.05, 0) is 42.7 Å². The Morgan fingerprint density at radius 2 is 1.67 bits per heavy atom. The van der Waals surface area contributed by atoms with Crippen molar-refractivity contribution in [3.8, 4) is 17.6 Å². The lowest BCUT2D eigenvalue weighted by Gasteiger charge is -2.37. The normalized spacial score (nSPS) is 16.0. The molecular formula is C24H26F3N3O3. The highest BCUT2D eigenvalue weighted by atomic mass is 19.4. The van der Waals surface area contributed by atoms with Gasteiger partial charge in [-0.15, -0.1) is 0 Å². The van der Waals surface area contributed by atoms with E-state index in [-0.39, 0.29) is 12.5 Å². The summed E-state index contributed by atoms with van der Waals surface area (Å²) in [5, 5.41) is 12.7. The van der Waals surface area contributed by atoms with Gasteiger partial charge in [-0.3, -0.25) is 9.69 Å². The Morgan fingerprint density at radius 1 is 1.09 bits per heavy atom. The fraction of sp³-hybridized carbons (Fsp3) is 0.417. The van der Waals surface area contributed by atoms with Crippen LogP contribution in [0.1, 0.15) is 34.3 Å². The van der Waals surface area contributed by atoms with Gasteiger partial charge in [0, 0.05) is 37.8 Å². The van der Waals surface area contributed by atoms with Crippen molar-refractivity contribution in [1.29, 1.82) is 5.26 Å². The molecule has 0 radical (unpaired) electrons. The molecule has 0 bridgehead atoms. The van der Waals surface area contributed by atoms with Crippen LogP contribution in [-0.2, 0) is 12.7 Å². The van der Waals surface area contributed by atoms with E-state index in [0.29, 0.717) is 49.5 Å². The maximum Gasteiger partial charge on any atom is 0.416 e. The molecule has 2 aromatic carbocycles. The molecule has 6 nitrogen and oxygen atoms in total. The van der Waals surface area contributed by atoms with Crippen molar-refractivity contribution in [2.24, 2.45) is 5.41 Å². The minimum atomic E-state index is -4.35. The summed E-state index contributed by atoms with van der Waals surface area (Å²) in [7, 11) is 3.00. The van der Waals surface area contributed by atoms with E-state index in [2.05, 4.69) is 16.3 Å². The number of nitrogens with one attached hydrogen (secondary N) is 1. The molecule has 0 saturated carbocycles. The van der Waals surface area contributed by atoms with Gasteiger partial charge in [-0.1, -0.05) is 12.1 Å². The Hall–Kier alpha value is -3.25. The second kappa shape index (κ2) is 10.1. The van der Waals surface area contributed by atoms with Gasteiger partial charge in [0.05, 0.1) is 31.3 Å². The number of halogens is 3. The predicted molar refractivity (Wildman–Crippen MR) is 116 cm³/mol. The highest BCUT2D eigenvalue weighted by Gasteiger charge is 2.35. The molecule has 0 aliphatic carbocycles. The first-order valence-electron chi connectivity index (χ1n) is 10.5. The molecule has 2 aromatic rings. The third-order valence-corrected chi connectivity index (χ3v) is 5.94. The second-order valence-electron chi connectivity index (χ2n) is 8.15. The third kappa shape index (κ3) is 6.17. The molecule has 0 spiro atoms. The van der Waals surface area contributed by atoms with Gasteiger partial charge < -0.3 is 14.8 Å². The van der Waals surface area contributed by atoms with Crippen LogP contribution in [0.15, 0.2) is 42.5 Å². The van der Waals surface area contributed by atoms with E-state index in [1.54, 1.807) is 18.2 Å². The van der Waals surface area contributed by atoms with Crippen LogP contribution in [0, 0.1) is 16.7 Å². The van der Waals surface area contributed by atoms with Gasteiger partial charge in [-0.25, -0.2) is 0 Å². The topological polar surface area (TPSA) is 74.6 Å². The quantitative estimate of drug-likeness (QED) is 0.667. The Bertz CT molecular complexity index is 986. The molecule has 1 aliphatic heterocycles. The minimum absolute atomic E-state index is 0.204. The van der Waals surface area contributed by atoms with Crippen molar-refractivity contribution < 1.29 is 27.4 Å². The molecule has 1 aliphatic rings. The lowest BCUT2D eigenvalue weighted by molar-refractivity contribution is -0.137. The number of carbonyl (C=O) groups is 1. The first-order valence-corrected chi connectivity index (χ1v) is 10.5. The Kier molecular flexibility index (Phi) is 7.49. The fourth-order valence-corrected chi connectivity index (χ4v) is 3.81. The summed E-state index contributed by atoms with van der Waals surface area (Å²) in [6, 6.07) is 12.4. The summed E-state index contributed by atoms with van der Waals surface area (Å²) in [4.78, 5) is 14.8. The molecule has 176 valence electrons. The zero-order valence-corrected chi connectivity index (χ0v) is 18.5. The Balaban J connectivity index is 1.56. The molecule has 1 heterocycles. The smallest absolute Gasteiger partial charge is 0.416 e. The molecule has 1 fully saturated rings. The number of likely N-dealkylation sites (tertiary alicyclic amines) is 1. The van der Waals surface area contributed by atoms with E-state index in [4.69, 9.17) is 9.47 Å². The number of nitrogens with zero attached hydrogens (tertiary/aromatic N) is 2. The van der Waals surface area contributed by atoms with E-state index >= 15 is 0 Å². The van der Waals surface area contributed by atoms with Gasteiger partial charge in [0.15, 0.2) is 0 Å². The zero-order chi connectivity index (χ0) is 24.1. The van der Waals surface area contributed by atoms with Gasteiger partial charge in [0.25, 0.3) is 5.91 Å². The summed E-state index contributed by atoms with van der Waals surface area (Å²) < 4.78 is 48.6. The van der Waals surface area contributed by atoms with Gasteiger partial charge >= 0.3 is 6.18 Å². The first kappa shape index (κ1) is 24.4. The van der Waals surface area contributed by atoms with Crippen LogP contribution in [0.4, 0.5) is 13.2 Å². The molecule has 9 heteroatoms. The molecule has 3 rings (SSSR count). The Morgan fingerprint density at radius 3 is 2.15 bits per heavy atom. The minimum Gasteiger partial charge on any atom is -0.497 e. The summed E-state index contributed by atoms with van der Waals surface area (Å²) in [5.41, 5.74) is -0.209. The van der Waals surface area contributed by atoms with Crippen molar-refractivity contribution in [3.63, 3.8) is 0 Å². The molecule has 0 atom stereocenters. The number of methoxy groups -OCH3 is 2. The molecule has 0 unspecified atom stereocenters. The van der Waals surface area contributed by atoms with Crippen molar-refractivity contribution in [3.05, 3.63) is 59.2 Å². The average Bonchev–Trinajstić information content (AvgIpc) is 2.83. The summed E-state index contributed by atoms with van der Waals surface area (Å²) in [6.07, 6.45) is -3.26. The molecule has 1 saturated heterocycles. The number of amides is 1. The van der Waals surface area contributed by atoms with Crippen LogP contribution in [0.5, 0.6) is 11.5 Å². The number of carbonyl (C=O) groups excluding carboxylic acids is 1. The maximum absolute atomic E-state index is 12.7. The van der Waals surface area contributed by atoms with Gasteiger partial charge in [0.1, 0.15) is 11.5 Å². The van der Waals surface area contributed by atoms with E-state index in [9.17, 15) is 23.2 Å². The van der Waals surface area contributed by atoms with Crippen LogP contribution in [0.25, 0.3) is 0 Å². The number of alkyl halides is 3. The number of hydrogen-bond donors (Lipinski definition) is 1. The van der Waals surface area contributed by atoms with E-state index in [1.165, 1.54) is 26.4 Å². The van der Waals surface area contributed by atoms with Crippen molar-refractivity contribution in [1.82, 2.24) is 10.2 Å². The van der Waals surface area contributed by atoms with E-state index in [0.717, 1.165) is 17.7 Å². The predicted octanol–water partition coefficient (Wildman–Crippen LogP) is 4.26. The molecule has 33 heavy (non-hydrogen) atoms. The molecule has 1 amide bonds.